The molecule has 2 heteroatoms. The lowest BCUT2D eigenvalue weighted by Gasteiger charge is -2.34. The van der Waals surface area contributed by atoms with E-state index >= 15 is 0 Å². The fraction of sp³-hybridized carbons (Fsp3) is 0.261. The van der Waals surface area contributed by atoms with Gasteiger partial charge in [-0.25, -0.2) is 0 Å². The SMILES string of the molecule is N=C(Cc1ccc2ccccc2c1)N1CCC(c2ccccc2)CC1. The quantitative estimate of drug-likeness (QED) is 0.517. The van der Waals surface area contributed by atoms with Gasteiger partial charge in [0.1, 0.15) is 5.84 Å². The molecule has 1 aliphatic rings. The van der Waals surface area contributed by atoms with Crippen LogP contribution >= 0.6 is 0 Å². The molecule has 0 saturated carbocycles. The Bertz CT molecular complexity index is 861. The van der Waals surface area contributed by atoms with Crippen LogP contribution in [0, 0.1) is 5.41 Å². The van der Waals surface area contributed by atoms with Crippen LogP contribution in [0.5, 0.6) is 0 Å². The van der Waals surface area contributed by atoms with Crippen LogP contribution in [0.3, 0.4) is 0 Å². The molecule has 3 aromatic carbocycles. The third kappa shape index (κ3) is 3.58. The largest absolute Gasteiger partial charge is 0.360 e. The standard InChI is InChI=1S/C23H24N2/c24-23(17-18-10-11-20-8-4-5-9-22(20)16-18)25-14-12-21(13-15-25)19-6-2-1-3-7-19/h1-11,16,21,24H,12-15,17H2. The molecule has 1 aliphatic heterocycles. The van der Waals surface area contributed by atoms with Crippen LogP contribution in [-0.4, -0.2) is 23.8 Å². The van der Waals surface area contributed by atoms with Gasteiger partial charge < -0.3 is 4.90 Å². The molecule has 0 aromatic heterocycles. The molecule has 0 unspecified atom stereocenters. The Balaban J connectivity index is 1.38. The van der Waals surface area contributed by atoms with Gasteiger partial charge in [-0.05, 0) is 40.7 Å². The summed E-state index contributed by atoms with van der Waals surface area (Å²) in [5.74, 6) is 1.40. The number of benzene rings is 3. The number of fused-ring (bicyclic) bond motifs is 1. The number of hydrogen-bond acceptors (Lipinski definition) is 1. The van der Waals surface area contributed by atoms with Crippen molar-refractivity contribution in [2.45, 2.75) is 25.2 Å². The van der Waals surface area contributed by atoms with Crippen LogP contribution in [-0.2, 0) is 6.42 Å². The highest BCUT2D eigenvalue weighted by atomic mass is 15.2. The maximum Gasteiger partial charge on any atom is 0.100 e. The second-order valence-electron chi connectivity index (χ2n) is 6.98. The fourth-order valence-electron chi connectivity index (χ4n) is 3.86. The summed E-state index contributed by atoms with van der Waals surface area (Å²) in [4.78, 5) is 2.26. The first-order valence-corrected chi connectivity index (χ1v) is 9.14. The van der Waals surface area contributed by atoms with Crippen molar-refractivity contribution >= 4 is 16.6 Å². The van der Waals surface area contributed by atoms with E-state index in [9.17, 15) is 0 Å². The van der Waals surface area contributed by atoms with E-state index in [4.69, 9.17) is 5.41 Å². The van der Waals surface area contributed by atoms with Gasteiger partial charge >= 0.3 is 0 Å². The first-order valence-electron chi connectivity index (χ1n) is 9.14. The molecule has 0 spiro atoms. The van der Waals surface area contributed by atoms with Gasteiger partial charge in [0.15, 0.2) is 0 Å². The Labute approximate surface area is 149 Å². The normalized spacial score (nSPS) is 15.4. The summed E-state index contributed by atoms with van der Waals surface area (Å²) in [5.41, 5.74) is 2.68. The van der Waals surface area contributed by atoms with Gasteiger partial charge in [0.05, 0.1) is 0 Å². The monoisotopic (exact) mass is 328 g/mol. The predicted octanol–water partition coefficient (Wildman–Crippen LogP) is 5.24. The summed E-state index contributed by atoms with van der Waals surface area (Å²) in [6, 6.07) is 25.8. The van der Waals surface area contributed by atoms with Crippen LogP contribution in [0.15, 0.2) is 72.8 Å². The van der Waals surface area contributed by atoms with Gasteiger partial charge in [-0.1, -0.05) is 72.8 Å². The molecule has 0 aliphatic carbocycles. The van der Waals surface area contributed by atoms with Crippen molar-refractivity contribution in [1.29, 1.82) is 5.41 Å². The highest BCUT2D eigenvalue weighted by Crippen LogP contribution is 2.28. The molecule has 1 heterocycles. The number of nitrogens with zero attached hydrogens (tertiary/aromatic N) is 1. The van der Waals surface area contributed by atoms with Crippen molar-refractivity contribution in [3.8, 4) is 0 Å². The Morgan fingerprint density at radius 3 is 2.28 bits per heavy atom. The number of piperidine rings is 1. The number of likely N-dealkylation sites (tertiary alicyclic amines) is 1. The first-order chi connectivity index (χ1) is 12.3. The number of nitrogens with one attached hydrogen (secondary N) is 1. The number of rotatable bonds is 3. The van der Waals surface area contributed by atoms with E-state index in [0.29, 0.717) is 5.92 Å². The minimum Gasteiger partial charge on any atom is -0.360 e. The lowest BCUT2D eigenvalue weighted by atomic mass is 9.89. The third-order valence-electron chi connectivity index (χ3n) is 5.33. The highest BCUT2D eigenvalue weighted by molar-refractivity contribution is 5.86. The topological polar surface area (TPSA) is 27.1 Å². The molecule has 0 bridgehead atoms. The minimum absolute atomic E-state index is 0.644. The molecule has 3 aromatic rings. The maximum atomic E-state index is 8.53. The summed E-state index contributed by atoms with van der Waals surface area (Å²) in [7, 11) is 0. The molecule has 0 amide bonds. The van der Waals surface area contributed by atoms with Gasteiger partial charge in [-0.2, -0.15) is 0 Å². The Morgan fingerprint density at radius 2 is 1.52 bits per heavy atom. The second-order valence-corrected chi connectivity index (χ2v) is 6.98. The number of hydrogen-bond donors (Lipinski definition) is 1. The van der Waals surface area contributed by atoms with E-state index in [2.05, 4.69) is 77.7 Å². The molecule has 2 nitrogen and oxygen atoms in total. The van der Waals surface area contributed by atoms with Gasteiger partial charge in [0, 0.05) is 19.5 Å². The van der Waals surface area contributed by atoms with Crippen molar-refractivity contribution in [3.63, 3.8) is 0 Å². The fourth-order valence-corrected chi connectivity index (χ4v) is 3.86. The molecule has 1 N–H and O–H groups in total. The zero-order chi connectivity index (χ0) is 17.1. The van der Waals surface area contributed by atoms with Gasteiger partial charge in [-0.3, -0.25) is 5.41 Å². The zero-order valence-electron chi connectivity index (χ0n) is 14.5. The van der Waals surface area contributed by atoms with Crippen LogP contribution in [0.25, 0.3) is 10.8 Å². The first kappa shape index (κ1) is 15.9. The molecule has 4 rings (SSSR count). The summed E-state index contributed by atoms with van der Waals surface area (Å²) < 4.78 is 0. The predicted molar refractivity (Wildman–Crippen MR) is 105 cm³/mol. The molecule has 0 radical (unpaired) electrons. The molecule has 0 atom stereocenters. The van der Waals surface area contributed by atoms with Gasteiger partial charge in [0.2, 0.25) is 0 Å². The maximum absolute atomic E-state index is 8.53. The molecular formula is C23H24N2. The summed E-state index contributed by atoms with van der Waals surface area (Å²) in [6.07, 6.45) is 3.01. The average molecular weight is 328 g/mol. The van der Waals surface area contributed by atoms with E-state index < -0.39 is 0 Å². The van der Waals surface area contributed by atoms with Crippen molar-refractivity contribution in [1.82, 2.24) is 4.90 Å². The zero-order valence-corrected chi connectivity index (χ0v) is 14.5. The van der Waals surface area contributed by atoms with Crippen molar-refractivity contribution < 1.29 is 0 Å². The summed E-state index contributed by atoms with van der Waals surface area (Å²) in [5, 5.41) is 11.1. The van der Waals surface area contributed by atoms with E-state index in [1.807, 2.05) is 0 Å². The lowest BCUT2D eigenvalue weighted by Crippen LogP contribution is -2.38. The van der Waals surface area contributed by atoms with Crippen molar-refractivity contribution in [2.75, 3.05) is 13.1 Å². The van der Waals surface area contributed by atoms with Gasteiger partial charge in [-0.15, -0.1) is 0 Å². The van der Waals surface area contributed by atoms with Crippen LogP contribution in [0.4, 0.5) is 0 Å². The summed E-state index contributed by atoms with van der Waals surface area (Å²) >= 11 is 0. The second kappa shape index (κ2) is 7.10. The van der Waals surface area contributed by atoms with Crippen LogP contribution < -0.4 is 0 Å². The summed E-state index contributed by atoms with van der Waals surface area (Å²) in [6.45, 7) is 1.98. The molecule has 126 valence electrons. The lowest BCUT2D eigenvalue weighted by molar-refractivity contribution is 0.308. The minimum atomic E-state index is 0.644. The van der Waals surface area contributed by atoms with Crippen molar-refractivity contribution in [2.24, 2.45) is 0 Å². The smallest absolute Gasteiger partial charge is 0.100 e. The van der Waals surface area contributed by atoms with E-state index in [-0.39, 0.29) is 0 Å². The van der Waals surface area contributed by atoms with Gasteiger partial charge in [0.25, 0.3) is 0 Å². The third-order valence-corrected chi connectivity index (χ3v) is 5.33. The van der Waals surface area contributed by atoms with Crippen molar-refractivity contribution in [3.05, 3.63) is 83.9 Å². The highest BCUT2D eigenvalue weighted by Gasteiger charge is 2.22. The Morgan fingerprint density at radius 1 is 0.840 bits per heavy atom. The van der Waals surface area contributed by atoms with Crippen LogP contribution in [0.1, 0.15) is 29.9 Å². The van der Waals surface area contributed by atoms with E-state index in [1.165, 1.54) is 21.9 Å². The molecule has 1 saturated heterocycles. The Kier molecular flexibility index (Phi) is 4.51. The molecular weight excluding hydrogens is 304 g/mol. The van der Waals surface area contributed by atoms with E-state index in [0.717, 1.165) is 38.2 Å². The Hall–Kier alpha value is -2.61. The molecule has 25 heavy (non-hydrogen) atoms. The van der Waals surface area contributed by atoms with Crippen LogP contribution in [0.2, 0.25) is 0 Å². The number of amidine groups is 1. The average Bonchev–Trinajstić information content (AvgIpc) is 2.69. The van der Waals surface area contributed by atoms with E-state index in [1.54, 1.807) is 0 Å². The molecule has 1 fully saturated rings.